The van der Waals surface area contributed by atoms with E-state index in [0.717, 1.165) is 5.56 Å². The summed E-state index contributed by atoms with van der Waals surface area (Å²) in [6.45, 7) is 0. The number of aromatic amines is 1. The average Bonchev–Trinajstić information content (AvgIpc) is 2.64. The van der Waals surface area contributed by atoms with E-state index in [1.165, 1.54) is 18.9 Å². The molecule has 1 aliphatic heterocycles. The maximum atomic E-state index is 12.6. The number of methoxy groups -OCH3 is 2. The van der Waals surface area contributed by atoms with E-state index in [9.17, 15) is 9.59 Å². The molecule has 2 heterocycles. The van der Waals surface area contributed by atoms with Crippen LogP contribution in [0.1, 0.15) is 23.5 Å². The SMILES string of the molecule is C#CCSc1nc2c(c(=O)[nH]1)[C@@H](c1ccc(OC)c(OC)c1)CC(=O)N2. The Morgan fingerprint density at radius 3 is 2.77 bits per heavy atom. The van der Waals surface area contributed by atoms with Crippen molar-refractivity contribution >= 4 is 23.5 Å². The van der Waals surface area contributed by atoms with Crippen LogP contribution in [0.5, 0.6) is 11.5 Å². The zero-order chi connectivity index (χ0) is 18.7. The molecule has 0 saturated heterocycles. The number of H-pyrrole nitrogens is 1. The molecule has 3 rings (SSSR count). The van der Waals surface area contributed by atoms with Crippen LogP contribution in [0.4, 0.5) is 5.82 Å². The monoisotopic (exact) mass is 371 g/mol. The molecule has 1 amide bonds. The van der Waals surface area contributed by atoms with Gasteiger partial charge in [0.1, 0.15) is 5.82 Å². The zero-order valence-corrected chi connectivity index (χ0v) is 15.1. The van der Waals surface area contributed by atoms with E-state index in [0.29, 0.717) is 28.0 Å². The summed E-state index contributed by atoms with van der Waals surface area (Å²) >= 11 is 1.23. The zero-order valence-electron chi connectivity index (χ0n) is 14.3. The van der Waals surface area contributed by atoms with Crippen molar-refractivity contribution in [3.63, 3.8) is 0 Å². The number of carbonyl (C=O) groups is 1. The van der Waals surface area contributed by atoms with Gasteiger partial charge in [-0.3, -0.25) is 9.59 Å². The first-order chi connectivity index (χ1) is 12.6. The lowest BCUT2D eigenvalue weighted by atomic mass is 9.86. The number of benzene rings is 1. The highest BCUT2D eigenvalue weighted by Crippen LogP contribution is 2.38. The third-order valence-electron chi connectivity index (χ3n) is 4.03. The Morgan fingerprint density at radius 1 is 1.31 bits per heavy atom. The van der Waals surface area contributed by atoms with Crippen LogP contribution in [-0.4, -0.2) is 35.8 Å². The molecule has 1 aliphatic rings. The lowest BCUT2D eigenvalue weighted by molar-refractivity contribution is -0.116. The average molecular weight is 371 g/mol. The fourth-order valence-electron chi connectivity index (χ4n) is 2.88. The van der Waals surface area contributed by atoms with E-state index >= 15 is 0 Å². The van der Waals surface area contributed by atoms with Crippen LogP contribution in [-0.2, 0) is 4.79 Å². The van der Waals surface area contributed by atoms with Crippen molar-refractivity contribution in [2.24, 2.45) is 0 Å². The number of fused-ring (bicyclic) bond motifs is 1. The fourth-order valence-corrected chi connectivity index (χ4v) is 3.42. The minimum atomic E-state index is -0.429. The molecule has 0 spiro atoms. The molecular formula is C18H17N3O4S. The standard InChI is InChI=1S/C18H17N3O4S/c1-4-7-26-18-20-16-15(17(23)21-18)11(9-14(22)19-16)10-5-6-12(24-2)13(8-10)25-3/h1,5-6,8,11H,7,9H2,2-3H3,(H2,19,20,21,22,23)/t11-/m1/s1. The molecule has 1 atom stereocenters. The number of rotatable bonds is 5. The van der Waals surface area contributed by atoms with E-state index in [2.05, 4.69) is 21.2 Å². The number of amides is 1. The molecule has 8 heteroatoms. The number of carbonyl (C=O) groups excluding carboxylic acids is 1. The van der Waals surface area contributed by atoms with Crippen LogP contribution >= 0.6 is 11.8 Å². The Bertz CT molecular complexity index is 948. The summed E-state index contributed by atoms with van der Waals surface area (Å²) in [5, 5.41) is 3.05. The first-order valence-corrected chi connectivity index (χ1v) is 8.78. The van der Waals surface area contributed by atoms with Gasteiger partial charge >= 0.3 is 0 Å². The first-order valence-electron chi connectivity index (χ1n) is 7.79. The van der Waals surface area contributed by atoms with Gasteiger partial charge in [0.25, 0.3) is 5.56 Å². The van der Waals surface area contributed by atoms with E-state index in [4.69, 9.17) is 15.9 Å². The molecule has 0 radical (unpaired) electrons. The number of hydrogen-bond donors (Lipinski definition) is 2. The Labute approximate surface area is 154 Å². The summed E-state index contributed by atoms with van der Waals surface area (Å²) in [6.07, 6.45) is 5.38. The Morgan fingerprint density at radius 2 is 2.08 bits per heavy atom. The minimum Gasteiger partial charge on any atom is -0.493 e. The number of nitrogens with one attached hydrogen (secondary N) is 2. The molecule has 0 saturated carbocycles. The van der Waals surface area contributed by atoms with E-state index in [1.807, 2.05) is 6.07 Å². The predicted molar refractivity (Wildman–Crippen MR) is 99.1 cm³/mol. The van der Waals surface area contributed by atoms with Crippen LogP contribution in [0.25, 0.3) is 0 Å². The van der Waals surface area contributed by atoms with Gasteiger partial charge in [-0.15, -0.1) is 6.42 Å². The Kier molecular flexibility index (Phi) is 5.19. The second-order valence-electron chi connectivity index (χ2n) is 5.55. The van der Waals surface area contributed by atoms with Crippen molar-refractivity contribution in [1.29, 1.82) is 0 Å². The van der Waals surface area contributed by atoms with Gasteiger partial charge in [0.2, 0.25) is 5.91 Å². The van der Waals surface area contributed by atoms with Gasteiger partial charge in [0.15, 0.2) is 16.7 Å². The minimum absolute atomic E-state index is 0.143. The predicted octanol–water partition coefficient (Wildman–Crippen LogP) is 1.99. The summed E-state index contributed by atoms with van der Waals surface area (Å²) in [5.74, 6) is 3.58. The van der Waals surface area contributed by atoms with Crippen LogP contribution < -0.4 is 20.3 Å². The van der Waals surface area contributed by atoms with E-state index in [1.54, 1.807) is 19.2 Å². The maximum absolute atomic E-state index is 12.6. The van der Waals surface area contributed by atoms with Crippen molar-refractivity contribution < 1.29 is 14.3 Å². The molecular weight excluding hydrogens is 354 g/mol. The molecule has 7 nitrogen and oxygen atoms in total. The molecule has 0 unspecified atom stereocenters. The molecule has 2 aromatic rings. The van der Waals surface area contributed by atoms with Gasteiger partial charge in [0.05, 0.1) is 25.5 Å². The molecule has 2 N–H and O–H groups in total. The summed E-state index contributed by atoms with van der Waals surface area (Å²) in [4.78, 5) is 31.9. The van der Waals surface area contributed by atoms with Crippen LogP contribution in [0, 0.1) is 12.3 Å². The summed E-state index contributed by atoms with van der Waals surface area (Å²) in [6, 6.07) is 5.33. The molecule has 1 aromatic heterocycles. The summed E-state index contributed by atoms with van der Waals surface area (Å²) in [5.41, 5.74) is 0.895. The molecule has 134 valence electrons. The van der Waals surface area contributed by atoms with Crippen molar-refractivity contribution in [3.8, 4) is 23.8 Å². The Balaban J connectivity index is 2.08. The van der Waals surface area contributed by atoms with Gasteiger partial charge in [-0.05, 0) is 17.7 Å². The summed E-state index contributed by atoms with van der Waals surface area (Å²) in [7, 11) is 3.08. The fraction of sp³-hybridized carbons (Fsp3) is 0.278. The molecule has 0 fully saturated rings. The number of ether oxygens (including phenoxy) is 2. The van der Waals surface area contributed by atoms with Gasteiger partial charge in [0, 0.05) is 12.3 Å². The maximum Gasteiger partial charge on any atom is 0.257 e. The Hall–Kier alpha value is -2.92. The normalized spacial score (nSPS) is 15.6. The second kappa shape index (κ2) is 7.54. The smallest absolute Gasteiger partial charge is 0.257 e. The molecule has 0 bridgehead atoms. The van der Waals surface area contributed by atoms with Gasteiger partial charge in [-0.2, -0.15) is 0 Å². The number of terminal acetylenes is 1. The molecule has 1 aromatic carbocycles. The van der Waals surface area contributed by atoms with Crippen molar-refractivity contribution in [2.45, 2.75) is 17.5 Å². The highest BCUT2D eigenvalue weighted by molar-refractivity contribution is 7.99. The van der Waals surface area contributed by atoms with Crippen molar-refractivity contribution in [3.05, 3.63) is 39.7 Å². The molecule has 0 aliphatic carbocycles. The largest absolute Gasteiger partial charge is 0.493 e. The van der Waals surface area contributed by atoms with Crippen LogP contribution in [0.3, 0.4) is 0 Å². The van der Waals surface area contributed by atoms with Gasteiger partial charge in [-0.1, -0.05) is 23.7 Å². The van der Waals surface area contributed by atoms with Crippen molar-refractivity contribution in [1.82, 2.24) is 9.97 Å². The third kappa shape index (κ3) is 3.39. The van der Waals surface area contributed by atoms with Gasteiger partial charge < -0.3 is 19.8 Å². The van der Waals surface area contributed by atoms with Crippen LogP contribution in [0.2, 0.25) is 0 Å². The second-order valence-corrected chi connectivity index (χ2v) is 6.51. The number of thioether (sulfide) groups is 1. The number of nitrogens with zero attached hydrogens (tertiary/aromatic N) is 1. The van der Waals surface area contributed by atoms with E-state index < -0.39 is 5.92 Å². The van der Waals surface area contributed by atoms with Crippen molar-refractivity contribution in [2.75, 3.05) is 25.3 Å². The first kappa shape index (κ1) is 17.9. The highest BCUT2D eigenvalue weighted by atomic mass is 32.2. The lowest BCUT2D eigenvalue weighted by Gasteiger charge is -2.25. The van der Waals surface area contributed by atoms with Crippen LogP contribution in [0.15, 0.2) is 28.2 Å². The number of hydrogen-bond acceptors (Lipinski definition) is 6. The highest BCUT2D eigenvalue weighted by Gasteiger charge is 2.31. The number of aromatic nitrogens is 2. The third-order valence-corrected chi connectivity index (χ3v) is 4.81. The van der Waals surface area contributed by atoms with Gasteiger partial charge in [-0.25, -0.2) is 4.98 Å². The number of anilines is 1. The topological polar surface area (TPSA) is 93.3 Å². The summed E-state index contributed by atoms with van der Waals surface area (Å²) < 4.78 is 10.6. The lowest BCUT2D eigenvalue weighted by Crippen LogP contribution is -2.31. The quantitative estimate of drug-likeness (QED) is 0.474. The van der Waals surface area contributed by atoms with E-state index in [-0.39, 0.29) is 23.7 Å². The molecule has 26 heavy (non-hydrogen) atoms.